The number of aryl methyl sites for hydroxylation is 1. The van der Waals surface area contributed by atoms with Crippen molar-refractivity contribution in [2.24, 2.45) is 0 Å². The van der Waals surface area contributed by atoms with Crippen molar-refractivity contribution in [3.63, 3.8) is 0 Å². The van der Waals surface area contributed by atoms with Gasteiger partial charge in [-0.2, -0.15) is 13.2 Å². The van der Waals surface area contributed by atoms with Crippen molar-refractivity contribution >= 4 is 23.3 Å². The van der Waals surface area contributed by atoms with Crippen LogP contribution in [0, 0.1) is 6.92 Å². The average Bonchev–Trinajstić information content (AvgIpc) is 2.55. The zero-order valence-electron chi connectivity index (χ0n) is 15.1. The predicted octanol–water partition coefficient (Wildman–Crippen LogP) is 2.69. The van der Waals surface area contributed by atoms with Crippen molar-refractivity contribution in [1.29, 1.82) is 0 Å². The quantitative estimate of drug-likeness (QED) is 0.888. The van der Waals surface area contributed by atoms with Crippen molar-refractivity contribution in [1.82, 2.24) is 9.80 Å². The Morgan fingerprint density at radius 2 is 1.69 bits per heavy atom. The lowest BCUT2D eigenvalue weighted by Crippen LogP contribution is -2.52. The Bertz CT molecular complexity index is 668. The van der Waals surface area contributed by atoms with E-state index in [4.69, 9.17) is 0 Å². The Hall–Kier alpha value is -2.45. The SMILES string of the molecule is Cc1cc(N(C)C)ccc1NC(=O)N1CCN(C(=O)CC(F)(F)F)CC1. The van der Waals surface area contributed by atoms with Crippen LogP contribution in [0.1, 0.15) is 12.0 Å². The zero-order chi connectivity index (χ0) is 19.5. The maximum absolute atomic E-state index is 12.4. The van der Waals surface area contributed by atoms with Crippen molar-refractivity contribution < 1.29 is 22.8 Å². The molecule has 9 heteroatoms. The summed E-state index contributed by atoms with van der Waals surface area (Å²) in [6.45, 7) is 2.48. The standard InChI is InChI=1S/C17H23F3N4O2/c1-12-10-13(22(2)3)4-5-14(12)21-16(26)24-8-6-23(7-9-24)15(25)11-17(18,19)20/h4-5,10H,6-9,11H2,1-3H3,(H,21,26). The number of nitrogens with one attached hydrogen (secondary N) is 1. The third-order valence-corrected chi connectivity index (χ3v) is 4.24. The number of hydrogen-bond donors (Lipinski definition) is 1. The number of benzene rings is 1. The fourth-order valence-corrected chi connectivity index (χ4v) is 2.70. The Labute approximate surface area is 150 Å². The molecule has 0 radical (unpaired) electrons. The van der Waals surface area contributed by atoms with E-state index >= 15 is 0 Å². The highest BCUT2D eigenvalue weighted by Crippen LogP contribution is 2.23. The molecule has 144 valence electrons. The van der Waals surface area contributed by atoms with E-state index in [0.717, 1.165) is 16.2 Å². The van der Waals surface area contributed by atoms with E-state index in [1.54, 1.807) is 0 Å². The maximum atomic E-state index is 12.4. The molecule has 6 nitrogen and oxygen atoms in total. The van der Waals surface area contributed by atoms with Gasteiger partial charge >= 0.3 is 12.2 Å². The molecule has 0 aromatic heterocycles. The highest BCUT2D eigenvalue weighted by atomic mass is 19.4. The maximum Gasteiger partial charge on any atom is 0.397 e. The molecule has 3 amide bonds. The summed E-state index contributed by atoms with van der Waals surface area (Å²) in [5.74, 6) is -0.951. The number of alkyl halides is 3. The van der Waals surface area contributed by atoms with Crippen LogP contribution in [0.5, 0.6) is 0 Å². The average molecular weight is 372 g/mol. The minimum Gasteiger partial charge on any atom is -0.378 e. The number of piperazine rings is 1. The van der Waals surface area contributed by atoms with Crippen LogP contribution in [-0.4, -0.2) is 68.2 Å². The van der Waals surface area contributed by atoms with Crippen molar-refractivity contribution in [3.8, 4) is 0 Å². The lowest BCUT2D eigenvalue weighted by atomic mass is 10.1. The third-order valence-electron chi connectivity index (χ3n) is 4.24. The van der Waals surface area contributed by atoms with Gasteiger partial charge in [0.1, 0.15) is 6.42 Å². The number of anilines is 2. The summed E-state index contributed by atoms with van der Waals surface area (Å²) >= 11 is 0. The number of halogens is 3. The normalized spacial score (nSPS) is 15.0. The third kappa shape index (κ3) is 5.27. The van der Waals surface area contributed by atoms with Crippen molar-refractivity contribution in [3.05, 3.63) is 23.8 Å². The first-order chi connectivity index (χ1) is 12.1. The first-order valence-electron chi connectivity index (χ1n) is 8.25. The number of hydrogen-bond acceptors (Lipinski definition) is 3. The number of amides is 3. The van der Waals surface area contributed by atoms with Gasteiger partial charge in [-0.25, -0.2) is 4.79 Å². The number of rotatable bonds is 3. The number of carbonyl (C=O) groups is 2. The van der Waals surface area contributed by atoms with Crippen LogP contribution in [0.25, 0.3) is 0 Å². The summed E-state index contributed by atoms with van der Waals surface area (Å²) in [7, 11) is 3.85. The molecule has 1 saturated heterocycles. The van der Waals surface area contributed by atoms with Crippen LogP contribution >= 0.6 is 0 Å². The second-order valence-corrected chi connectivity index (χ2v) is 6.48. The molecule has 0 unspecified atom stereocenters. The first kappa shape index (κ1) is 19.9. The number of carbonyl (C=O) groups excluding carboxylic acids is 2. The molecule has 1 aromatic carbocycles. The fraction of sp³-hybridized carbons (Fsp3) is 0.529. The van der Waals surface area contributed by atoms with Gasteiger partial charge in [0, 0.05) is 51.6 Å². The molecule has 1 fully saturated rings. The number of urea groups is 1. The van der Waals surface area contributed by atoms with E-state index in [1.165, 1.54) is 4.90 Å². The summed E-state index contributed by atoms with van der Waals surface area (Å²) in [5.41, 5.74) is 2.59. The molecule has 1 aliphatic heterocycles. The topological polar surface area (TPSA) is 55.9 Å². The Balaban J connectivity index is 1.90. The van der Waals surface area contributed by atoms with Gasteiger partial charge in [0.05, 0.1) is 0 Å². The summed E-state index contributed by atoms with van der Waals surface area (Å²) < 4.78 is 36.9. The van der Waals surface area contributed by atoms with E-state index in [9.17, 15) is 22.8 Å². The van der Waals surface area contributed by atoms with Gasteiger partial charge in [-0.3, -0.25) is 4.79 Å². The molecule has 0 atom stereocenters. The zero-order valence-corrected chi connectivity index (χ0v) is 15.1. The molecule has 0 spiro atoms. The highest BCUT2D eigenvalue weighted by Gasteiger charge is 2.34. The summed E-state index contributed by atoms with van der Waals surface area (Å²) in [4.78, 5) is 28.6. The van der Waals surface area contributed by atoms with E-state index in [-0.39, 0.29) is 32.2 Å². The van der Waals surface area contributed by atoms with E-state index < -0.39 is 18.5 Å². The molecule has 1 aromatic rings. The second-order valence-electron chi connectivity index (χ2n) is 6.48. The molecule has 26 heavy (non-hydrogen) atoms. The largest absolute Gasteiger partial charge is 0.397 e. The molecule has 0 aliphatic carbocycles. The predicted molar refractivity (Wildman–Crippen MR) is 93.3 cm³/mol. The Morgan fingerprint density at radius 1 is 1.12 bits per heavy atom. The van der Waals surface area contributed by atoms with Crippen LogP contribution < -0.4 is 10.2 Å². The second kappa shape index (κ2) is 7.84. The van der Waals surface area contributed by atoms with Crippen LogP contribution in [0.3, 0.4) is 0 Å². The monoisotopic (exact) mass is 372 g/mol. The van der Waals surface area contributed by atoms with Gasteiger partial charge in [-0.15, -0.1) is 0 Å². The molecule has 0 bridgehead atoms. The van der Waals surface area contributed by atoms with E-state index in [2.05, 4.69) is 5.32 Å². The highest BCUT2D eigenvalue weighted by molar-refractivity contribution is 5.90. The van der Waals surface area contributed by atoms with Gasteiger partial charge in [0.25, 0.3) is 0 Å². The summed E-state index contributed by atoms with van der Waals surface area (Å²) in [5, 5.41) is 2.81. The number of nitrogens with zero attached hydrogens (tertiary/aromatic N) is 3. The van der Waals surface area contributed by atoms with Gasteiger partial charge in [0.15, 0.2) is 0 Å². The molecule has 1 heterocycles. The molecular formula is C17H23F3N4O2. The lowest BCUT2D eigenvalue weighted by molar-refractivity contribution is -0.162. The molecule has 0 saturated carbocycles. The van der Waals surface area contributed by atoms with Crippen LogP contribution in [0.4, 0.5) is 29.3 Å². The van der Waals surface area contributed by atoms with Crippen molar-refractivity contribution in [2.45, 2.75) is 19.5 Å². The summed E-state index contributed by atoms with van der Waals surface area (Å²) in [6, 6.07) is 5.32. The van der Waals surface area contributed by atoms with Gasteiger partial charge in [-0.05, 0) is 30.7 Å². The Morgan fingerprint density at radius 3 is 2.19 bits per heavy atom. The molecule has 2 rings (SSSR count). The van der Waals surface area contributed by atoms with E-state index in [0.29, 0.717) is 5.69 Å². The van der Waals surface area contributed by atoms with E-state index in [1.807, 2.05) is 44.1 Å². The minimum absolute atomic E-state index is 0.0981. The van der Waals surface area contributed by atoms with Crippen LogP contribution in [0.2, 0.25) is 0 Å². The lowest BCUT2D eigenvalue weighted by Gasteiger charge is -2.35. The van der Waals surface area contributed by atoms with Crippen molar-refractivity contribution in [2.75, 3.05) is 50.5 Å². The smallest absolute Gasteiger partial charge is 0.378 e. The fourth-order valence-electron chi connectivity index (χ4n) is 2.70. The molecular weight excluding hydrogens is 349 g/mol. The van der Waals surface area contributed by atoms with Gasteiger partial charge in [-0.1, -0.05) is 0 Å². The van der Waals surface area contributed by atoms with Gasteiger partial charge < -0.3 is 20.0 Å². The first-order valence-corrected chi connectivity index (χ1v) is 8.25. The van der Waals surface area contributed by atoms with Crippen LogP contribution in [-0.2, 0) is 4.79 Å². The summed E-state index contributed by atoms with van der Waals surface area (Å²) in [6.07, 6.45) is -5.97. The Kier molecular flexibility index (Phi) is 5.99. The van der Waals surface area contributed by atoms with Crippen LogP contribution in [0.15, 0.2) is 18.2 Å². The van der Waals surface area contributed by atoms with Gasteiger partial charge in [0.2, 0.25) is 5.91 Å². The molecule has 1 N–H and O–H groups in total. The minimum atomic E-state index is -4.51. The molecule has 1 aliphatic rings.